The first-order chi connectivity index (χ1) is 12.5. The molecule has 1 heterocycles. The molecule has 26 heavy (non-hydrogen) atoms. The maximum atomic E-state index is 12.2. The highest BCUT2D eigenvalue weighted by atomic mass is 16.5. The van der Waals surface area contributed by atoms with Gasteiger partial charge in [0.25, 0.3) is 11.8 Å². The molecule has 3 rings (SSSR count). The fraction of sp³-hybridized carbons (Fsp3) is 0.105. The third-order valence-electron chi connectivity index (χ3n) is 3.79. The van der Waals surface area contributed by atoms with Gasteiger partial charge in [0, 0.05) is 17.0 Å². The maximum absolute atomic E-state index is 12.2. The normalized spacial score (nSPS) is 10.4. The lowest BCUT2D eigenvalue weighted by molar-refractivity contribution is 0.0844. The monoisotopic (exact) mass is 352 g/mol. The molecule has 132 valence electrons. The number of benzene rings is 2. The summed E-state index contributed by atoms with van der Waals surface area (Å²) in [6.45, 7) is 1.90. The van der Waals surface area contributed by atoms with Gasteiger partial charge in [0.2, 0.25) is 0 Å². The predicted molar refractivity (Wildman–Crippen MR) is 95.1 cm³/mol. The molecule has 0 bridgehead atoms. The molecule has 0 unspecified atom stereocenters. The van der Waals surface area contributed by atoms with Crippen LogP contribution in [0.15, 0.2) is 57.7 Å². The van der Waals surface area contributed by atoms with Crippen LogP contribution in [0.1, 0.15) is 26.3 Å². The van der Waals surface area contributed by atoms with Crippen molar-refractivity contribution in [3.63, 3.8) is 0 Å². The van der Waals surface area contributed by atoms with Crippen molar-refractivity contribution in [2.45, 2.75) is 6.92 Å². The minimum atomic E-state index is -0.812. The van der Waals surface area contributed by atoms with Gasteiger partial charge in [0.15, 0.2) is 0 Å². The predicted octanol–water partition coefficient (Wildman–Crippen LogP) is 2.18. The van der Waals surface area contributed by atoms with Crippen molar-refractivity contribution in [3.8, 4) is 5.75 Å². The first-order valence-corrected chi connectivity index (χ1v) is 7.77. The minimum absolute atomic E-state index is 0.216. The van der Waals surface area contributed by atoms with Crippen LogP contribution >= 0.6 is 0 Å². The third-order valence-corrected chi connectivity index (χ3v) is 3.79. The Morgan fingerprint density at radius 3 is 2.35 bits per heavy atom. The number of carbonyl (C=O) groups is 2. The number of hydrogen-bond acceptors (Lipinski definition) is 5. The van der Waals surface area contributed by atoms with Gasteiger partial charge in [-0.3, -0.25) is 20.4 Å². The highest BCUT2D eigenvalue weighted by Crippen LogP contribution is 2.20. The number of hydrazine groups is 1. The summed E-state index contributed by atoms with van der Waals surface area (Å²) in [7, 11) is 1.50. The van der Waals surface area contributed by atoms with Gasteiger partial charge in [0.05, 0.1) is 7.11 Å². The van der Waals surface area contributed by atoms with Crippen molar-refractivity contribution in [1.29, 1.82) is 0 Å². The average molecular weight is 352 g/mol. The molecule has 3 aromatic rings. The van der Waals surface area contributed by atoms with Crippen molar-refractivity contribution in [3.05, 3.63) is 75.6 Å². The standard InChI is InChI=1S/C19H16N2O5/c1-11-3-5-12(6-4-11)17(22)20-21-18(23)15-9-13-7-8-14(25-2)10-16(13)26-19(15)24/h3-10H,1-2H3,(H,20,22)(H,21,23). The zero-order valence-corrected chi connectivity index (χ0v) is 14.2. The second-order valence-electron chi connectivity index (χ2n) is 5.63. The van der Waals surface area contributed by atoms with Gasteiger partial charge in [-0.05, 0) is 37.3 Å². The first-order valence-electron chi connectivity index (χ1n) is 7.77. The summed E-state index contributed by atoms with van der Waals surface area (Å²) in [6, 6.07) is 13.1. The Hall–Kier alpha value is -3.61. The van der Waals surface area contributed by atoms with Crippen molar-refractivity contribution in [1.82, 2.24) is 10.9 Å². The van der Waals surface area contributed by atoms with Crippen molar-refractivity contribution in [2.24, 2.45) is 0 Å². The molecule has 0 aliphatic rings. The second-order valence-corrected chi connectivity index (χ2v) is 5.63. The van der Waals surface area contributed by atoms with E-state index in [4.69, 9.17) is 9.15 Å². The Balaban J connectivity index is 1.77. The van der Waals surface area contributed by atoms with E-state index in [1.807, 2.05) is 6.92 Å². The summed E-state index contributed by atoms with van der Waals surface area (Å²) < 4.78 is 10.2. The molecule has 0 saturated carbocycles. The average Bonchev–Trinajstić information content (AvgIpc) is 2.65. The van der Waals surface area contributed by atoms with Crippen LogP contribution in [0.2, 0.25) is 0 Å². The van der Waals surface area contributed by atoms with Crippen molar-refractivity contribution >= 4 is 22.8 Å². The largest absolute Gasteiger partial charge is 0.497 e. The number of ether oxygens (including phenoxy) is 1. The Bertz CT molecular complexity index is 1040. The van der Waals surface area contributed by atoms with E-state index < -0.39 is 17.4 Å². The summed E-state index contributed by atoms with van der Waals surface area (Å²) in [5, 5.41) is 0.556. The summed E-state index contributed by atoms with van der Waals surface area (Å²) in [5.41, 5.74) is 5.15. The number of aryl methyl sites for hydroxylation is 1. The number of rotatable bonds is 3. The van der Waals surface area contributed by atoms with Crippen LogP contribution in [0, 0.1) is 6.92 Å². The Labute approximate surface area is 148 Å². The number of amides is 2. The maximum Gasteiger partial charge on any atom is 0.349 e. The topological polar surface area (TPSA) is 97.6 Å². The molecular weight excluding hydrogens is 336 g/mol. The van der Waals surface area contributed by atoms with E-state index in [-0.39, 0.29) is 5.56 Å². The summed E-state index contributed by atoms with van der Waals surface area (Å²) >= 11 is 0. The number of fused-ring (bicyclic) bond motifs is 1. The molecule has 0 aliphatic heterocycles. The van der Waals surface area contributed by atoms with Gasteiger partial charge in [-0.15, -0.1) is 0 Å². The number of nitrogens with one attached hydrogen (secondary N) is 2. The van der Waals surface area contributed by atoms with E-state index in [0.717, 1.165) is 5.56 Å². The van der Waals surface area contributed by atoms with E-state index in [1.54, 1.807) is 42.5 Å². The molecule has 0 fully saturated rings. The van der Waals surface area contributed by atoms with Gasteiger partial charge in [-0.2, -0.15) is 0 Å². The minimum Gasteiger partial charge on any atom is -0.497 e. The van der Waals surface area contributed by atoms with Crippen LogP contribution in [-0.4, -0.2) is 18.9 Å². The second kappa shape index (κ2) is 7.10. The van der Waals surface area contributed by atoms with Crippen LogP contribution in [-0.2, 0) is 0 Å². The van der Waals surface area contributed by atoms with Gasteiger partial charge in [-0.1, -0.05) is 17.7 Å². The molecule has 0 spiro atoms. The summed E-state index contributed by atoms with van der Waals surface area (Å²) in [4.78, 5) is 36.3. The van der Waals surface area contributed by atoms with E-state index in [1.165, 1.54) is 13.2 Å². The number of carbonyl (C=O) groups excluding carboxylic acids is 2. The fourth-order valence-electron chi connectivity index (χ4n) is 2.33. The Kier molecular flexibility index (Phi) is 4.70. The summed E-state index contributed by atoms with van der Waals surface area (Å²) in [5.74, 6) is -0.728. The van der Waals surface area contributed by atoms with Gasteiger partial charge >= 0.3 is 5.63 Å². The van der Waals surface area contributed by atoms with Crippen molar-refractivity contribution < 1.29 is 18.7 Å². The first kappa shape index (κ1) is 17.2. The third kappa shape index (κ3) is 3.56. The zero-order chi connectivity index (χ0) is 18.7. The molecule has 0 saturated heterocycles. The fourth-order valence-corrected chi connectivity index (χ4v) is 2.33. The molecule has 0 radical (unpaired) electrons. The van der Waals surface area contributed by atoms with Crippen LogP contribution in [0.25, 0.3) is 11.0 Å². The van der Waals surface area contributed by atoms with E-state index >= 15 is 0 Å². The molecule has 0 aliphatic carbocycles. The SMILES string of the molecule is COc1ccc2cc(C(=O)NNC(=O)c3ccc(C)cc3)c(=O)oc2c1. The lowest BCUT2D eigenvalue weighted by Crippen LogP contribution is -2.43. The Morgan fingerprint density at radius 2 is 1.65 bits per heavy atom. The van der Waals surface area contributed by atoms with E-state index in [0.29, 0.717) is 22.3 Å². The number of hydrogen-bond donors (Lipinski definition) is 2. The van der Waals surface area contributed by atoms with Crippen molar-refractivity contribution in [2.75, 3.05) is 7.11 Å². The van der Waals surface area contributed by atoms with Gasteiger partial charge in [-0.25, -0.2) is 4.79 Å². The highest BCUT2D eigenvalue weighted by Gasteiger charge is 2.15. The van der Waals surface area contributed by atoms with Crippen LogP contribution in [0.4, 0.5) is 0 Å². The summed E-state index contributed by atoms with van der Waals surface area (Å²) in [6.07, 6.45) is 0. The van der Waals surface area contributed by atoms with Gasteiger partial charge in [0.1, 0.15) is 16.9 Å². The van der Waals surface area contributed by atoms with E-state index in [2.05, 4.69) is 10.9 Å². The quantitative estimate of drug-likeness (QED) is 0.556. The molecule has 1 aromatic heterocycles. The zero-order valence-electron chi connectivity index (χ0n) is 14.2. The molecule has 7 nitrogen and oxygen atoms in total. The van der Waals surface area contributed by atoms with Crippen LogP contribution < -0.4 is 21.2 Å². The van der Waals surface area contributed by atoms with E-state index in [9.17, 15) is 14.4 Å². The van der Waals surface area contributed by atoms with Crippen LogP contribution in [0.5, 0.6) is 5.75 Å². The molecule has 2 N–H and O–H groups in total. The molecular formula is C19H16N2O5. The van der Waals surface area contributed by atoms with Crippen LogP contribution in [0.3, 0.4) is 0 Å². The highest BCUT2D eigenvalue weighted by molar-refractivity contribution is 6.00. The lowest BCUT2D eigenvalue weighted by Gasteiger charge is -2.08. The molecule has 2 amide bonds. The smallest absolute Gasteiger partial charge is 0.349 e. The lowest BCUT2D eigenvalue weighted by atomic mass is 10.1. The molecule has 7 heteroatoms. The Morgan fingerprint density at radius 1 is 0.962 bits per heavy atom. The number of methoxy groups -OCH3 is 1. The van der Waals surface area contributed by atoms with Gasteiger partial charge < -0.3 is 9.15 Å². The molecule has 2 aromatic carbocycles. The molecule has 0 atom stereocenters.